The van der Waals surface area contributed by atoms with E-state index in [1.807, 2.05) is 6.07 Å². The van der Waals surface area contributed by atoms with E-state index in [1.54, 1.807) is 25.1 Å². The summed E-state index contributed by atoms with van der Waals surface area (Å²) in [4.78, 5) is 29.4. The number of esters is 1. The van der Waals surface area contributed by atoms with Crippen LogP contribution in [0.2, 0.25) is 0 Å². The Morgan fingerprint density at radius 2 is 1.79 bits per heavy atom. The fraction of sp³-hybridized carbons (Fsp3) is 0.364. The van der Waals surface area contributed by atoms with Gasteiger partial charge in [-0.1, -0.05) is 19.1 Å². The third kappa shape index (κ3) is 4.92. The Bertz CT molecular complexity index is 879. The van der Waals surface area contributed by atoms with Gasteiger partial charge in [0.1, 0.15) is 5.82 Å². The molecule has 1 heterocycles. The first-order chi connectivity index (χ1) is 14.0. The lowest BCUT2D eigenvalue weighted by molar-refractivity contribution is 0.0526. The van der Waals surface area contributed by atoms with Gasteiger partial charge in [0.25, 0.3) is 5.91 Å². The molecule has 1 aliphatic heterocycles. The highest BCUT2D eigenvalue weighted by atomic mass is 19.1. The highest BCUT2D eigenvalue weighted by Gasteiger charge is 2.21. The molecule has 0 saturated carbocycles. The number of piperazine rings is 1. The van der Waals surface area contributed by atoms with Crippen molar-refractivity contribution in [3.63, 3.8) is 0 Å². The fourth-order valence-electron chi connectivity index (χ4n) is 3.39. The monoisotopic (exact) mass is 399 g/mol. The molecule has 29 heavy (non-hydrogen) atoms. The zero-order chi connectivity index (χ0) is 20.8. The molecule has 0 spiro atoms. The number of nitrogens with one attached hydrogen (secondary N) is 1. The van der Waals surface area contributed by atoms with E-state index in [0.29, 0.717) is 11.3 Å². The van der Waals surface area contributed by atoms with Crippen LogP contribution >= 0.6 is 0 Å². The molecule has 0 aliphatic carbocycles. The smallest absolute Gasteiger partial charge is 0.338 e. The lowest BCUT2D eigenvalue weighted by Gasteiger charge is -2.36. The molecule has 0 aromatic heterocycles. The molecule has 1 amide bonds. The molecular formula is C22H26FN3O3. The van der Waals surface area contributed by atoms with E-state index in [4.69, 9.17) is 4.74 Å². The number of likely N-dealkylation sites (N-methyl/N-ethyl adjacent to an activating group) is 1. The molecule has 6 nitrogen and oxygen atoms in total. The van der Waals surface area contributed by atoms with Gasteiger partial charge < -0.3 is 19.9 Å². The molecule has 2 aromatic rings. The molecule has 1 fully saturated rings. The standard InChI is InChI=1S/C22H26FN3O3/c1-3-25-11-13-26(14-12-25)20-10-9-16(22(28)29-4-2)15-19(20)24-21(27)17-7-5-6-8-18(17)23/h5-10,15H,3-4,11-14H2,1-2H3,(H,24,27). The van der Waals surface area contributed by atoms with Crippen LogP contribution in [0.15, 0.2) is 42.5 Å². The number of amides is 1. The van der Waals surface area contributed by atoms with Crippen molar-refractivity contribution in [3.8, 4) is 0 Å². The van der Waals surface area contributed by atoms with Gasteiger partial charge in [-0.15, -0.1) is 0 Å². The Balaban J connectivity index is 1.90. The van der Waals surface area contributed by atoms with E-state index < -0.39 is 17.7 Å². The first-order valence-electron chi connectivity index (χ1n) is 9.87. The SMILES string of the molecule is CCOC(=O)c1ccc(N2CCN(CC)CC2)c(NC(=O)c2ccccc2F)c1. The van der Waals surface area contributed by atoms with E-state index in [-0.39, 0.29) is 12.2 Å². The van der Waals surface area contributed by atoms with E-state index in [9.17, 15) is 14.0 Å². The maximum atomic E-state index is 14.0. The van der Waals surface area contributed by atoms with Crippen LogP contribution in [0.25, 0.3) is 0 Å². The quantitative estimate of drug-likeness (QED) is 0.755. The van der Waals surface area contributed by atoms with Gasteiger partial charge in [0.15, 0.2) is 0 Å². The van der Waals surface area contributed by atoms with Gasteiger partial charge >= 0.3 is 5.97 Å². The number of carbonyl (C=O) groups is 2. The van der Waals surface area contributed by atoms with Crippen LogP contribution in [0.1, 0.15) is 34.6 Å². The molecule has 1 N–H and O–H groups in total. The van der Waals surface area contributed by atoms with Gasteiger partial charge in [0, 0.05) is 26.2 Å². The van der Waals surface area contributed by atoms with Gasteiger partial charge in [-0.3, -0.25) is 4.79 Å². The molecule has 0 atom stereocenters. The minimum Gasteiger partial charge on any atom is -0.462 e. The number of benzene rings is 2. The molecule has 3 rings (SSSR count). The van der Waals surface area contributed by atoms with Crippen LogP contribution in [0.4, 0.5) is 15.8 Å². The lowest BCUT2D eigenvalue weighted by atomic mass is 10.1. The van der Waals surface area contributed by atoms with Crippen molar-refractivity contribution >= 4 is 23.3 Å². The highest BCUT2D eigenvalue weighted by molar-refractivity contribution is 6.07. The van der Waals surface area contributed by atoms with Gasteiger partial charge in [0.2, 0.25) is 0 Å². The Hall–Kier alpha value is -2.93. The zero-order valence-corrected chi connectivity index (χ0v) is 16.8. The summed E-state index contributed by atoms with van der Waals surface area (Å²) in [6, 6.07) is 10.9. The minimum absolute atomic E-state index is 0.0456. The maximum Gasteiger partial charge on any atom is 0.338 e. The van der Waals surface area contributed by atoms with Gasteiger partial charge in [-0.05, 0) is 43.8 Å². The summed E-state index contributed by atoms with van der Waals surface area (Å²) in [5.41, 5.74) is 1.56. The summed E-state index contributed by atoms with van der Waals surface area (Å²) < 4.78 is 19.1. The third-order valence-electron chi connectivity index (χ3n) is 5.03. The molecule has 7 heteroatoms. The molecule has 0 unspecified atom stereocenters. The third-order valence-corrected chi connectivity index (χ3v) is 5.03. The van der Waals surface area contributed by atoms with Crippen molar-refractivity contribution < 1.29 is 18.7 Å². The van der Waals surface area contributed by atoms with E-state index in [2.05, 4.69) is 22.0 Å². The Kier molecular flexibility index (Phi) is 6.82. The van der Waals surface area contributed by atoms with Crippen LogP contribution in [0.5, 0.6) is 0 Å². The van der Waals surface area contributed by atoms with Crippen LogP contribution in [0.3, 0.4) is 0 Å². The molecule has 0 radical (unpaired) electrons. The number of rotatable bonds is 6. The minimum atomic E-state index is -0.593. The average molecular weight is 399 g/mol. The molecular weight excluding hydrogens is 373 g/mol. The molecule has 1 aliphatic rings. The van der Waals surface area contributed by atoms with Gasteiger partial charge in [-0.25, -0.2) is 9.18 Å². The van der Waals surface area contributed by atoms with E-state index in [1.165, 1.54) is 18.2 Å². The Morgan fingerprint density at radius 1 is 1.07 bits per heavy atom. The van der Waals surface area contributed by atoms with Crippen molar-refractivity contribution in [1.82, 2.24) is 4.90 Å². The largest absolute Gasteiger partial charge is 0.462 e. The normalized spacial score (nSPS) is 14.5. The Morgan fingerprint density at radius 3 is 2.45 bits per heavy atom. The van der Waals surface area contributed by atoms with Crippen molar-refractivity contribution in [1.29, 1.82) is 0 Å². The second-order valence-electron chi connectivity index (χ2n) is 6.81. The number of ether oxygens (including phenoxy) is 1. The summed E-state index contributed by atoms with van der Waals surface area (Å²) >= 11 is 0. The fourth-order valence-corrected chi connectivity index (χ4v) is 3.39. The second-order valence-corrected chi connectivity index (χ2v) is 6.81. The van der Waals surface area contributed by atoms with Crippen LogP contribution in [0, 0.1) is 5.82 Å². The van der Waals surface area contributed by atoms with Crippen LogP contribution in [-0.2, 0) is 4.74 Å². The number of carbonyl (C=O) groups excluding carboxylic acids is 2. The van der Waals surface area contributed by atoms with Crippen molar-refractivity contribution in [2.75, 3.05) is 49.5 Å². The number of hydrogen-bond acceptors (Lipinski definition) is 5. The first-order valence-corrected chi connectivity index (χ1v) is 9.87. The Labute approximate surface area is 170 Å². The van der Waals surface area contributed by atoms with E-state index >= 15 is 0 Å². The topological polar surface area (TPSA) is 61.9 Å². The van der Waals surface area contributed by atoms with Crippen LogP contribution in [-0.4, -0.2) is 56.1 Å². The number of nitrogens with zero attached hydrogens (tertiary/aromatic N) is 2. The average Bonchev–Trinajstić information content (AvgIpc) is 2.74. The zero-order valence-electron chi connectivity index (χ0n) is 16.8. The maximum absolute atomic E-state index is 14.0. The number of anilines is 2. The second kappa shape index (κ2) is 9.52. The molecule has 1 saturated heterocycles. The molecule has 2 aromatic carbocycles. The summed E-state index contributed by atoms with van der Waals surface area (Å²) in [5, 5.41) is 2.79. The van der Waals surface area contributed by atoms with E-state index in [0.717, 1.165) is 38.4 Å². The number of hydrogen-bond donors (Lipinski definition) is 1. The molecule has 154 valence electrons. The van der Waals surface area contributed by atoms with Gasteiger partial charge in [0.05, 0.1) is 29.1 Å². The first kappa shape index (κ1) is 20.8. The van der Waals surface area contributed by atoms with Gasteiger partial charge in [-0.2, -0.15) is 0 Å². The lowest BCUT2D eigenvalue weighted by Crippen LogP contribution is -2.46. The van der Waals surface area contributed by atoms with Crippen molar-refractivity contribution in [3.05, 3.63) is 59.4 Å². The van der Waals surface area contributed by atoms with Crippen molar-refractivity contribution in [2.24, 2.45) is 0 Å². The predicted octanol–water partition coefficient (Wildman–Crippen LogP) is 3.40. The predicted molar refractivity (Wildman–Crippen MR) is 111 cm³/mol. The van der Waals surface area contributed by atoms with Crippen LogP contribution < -0.4 is 10.2 Å². The summed E-state index contributed by atoms with van der Waals surface area (Å²) in [5.74, 6) is -1.61. The van der Waals surface area contributed by atoms with Crippen molar-refractivity contribution in [2.45, 2.75) is 13.8 Å². The summed E-state index contributed by atoms with van der Waals surface area (Å²) in [6.45, 7) is 8.55. The summed E-state index contributed by atoms with van der Waals surface area (Å²) in [6.07, 6.45) is 0. The number of halogens is 1. The highest BCUT2D eigenvalue weighted by Crippen LogP contribution is 2.29. The summed E-state index contributed by atoms with van der Waals surface area (Å²) in [7, 11) is 0. The molecule has 0 bridgehead atoms.